The van der Waals surface area contributed by atoms with Crippen molar-refractivity contribution in [2.45, 2.75) is 57.5 Å². The van der Waals surface area contributed by atoms with E-state index in [-0.39, 0.29) is 11.8 Å². The lowest BCUT2D eigenvalue weighted by Crippen LogP contribution is -2.23. The van der Waals surface area contributed by atoms with E-state index in [0.29, 0.717) is 17.4 Å². The highest BCUT2D eigenvalue weighted by atomic mass is 32.2. The van der Waals surface area contributed by atoms with E-state index in [9.17, 15) is 4.79 Å². The van der Waals surface area contributed by atoms with E-state index in [4.69, 9.17) is 9.40 Å². The van der Waals surface area contributed by atoms with E-state index < -0.39 is 0 Å². The minimum atomic E-state index is -0.0516. The molecule has 4 rings (SSSR count). The predicted molar refractivity (Wildman–Crippen MR) is 132 cm³/mol. The van der Waals surface area contributed by atoms with Crippen molar-refractivity contribution in [3.8, 4) is 0 Å². The highest BCUT2D eigenvalue weighted by Gasteiger charge is 2.21. The van der Waals surface area contributed by atoms with Gasteiger partial charge in [-0.25, -0.2) is 4.98 Å². The third-order valence-electron chi connectivity index (χ3n) is 5.16. The zero-order valence-electron chi connectivity index (χ0n) is 19.2. The summed E-state index contributed by atoms with van der Waals surface area (Å²) in [5, 5.41) is 12.3. The van der Waals surface area contributed by atoms with E-state index in [1.807, 2.05) is 41.8 Å². The third-order valence-corrected chi connectivity index (χ3v) is 7.04. The summed E-state index contributed by atoms with van der Waals surface area (Å²) in [6, 6.07) is 11.8. The van der Waals surface area contributed by atoms with Crippen LogP contribution >= 0.6 is 23.1 Å². The van der Waals surface area contributed by atoms with Crippen molar-refractivity contribution >= 4 is 39.8 Å². The summed E-state index contributed by atoms with van der Waals surface area (Å²) in [5.74, 6) is 2.61. The Hall–Kier alpha value is -2.91. The van der Waals surface area contributed by atoms with Crippen LogP contribution in [0.25, 0.3) is 0 Å². The Morgan fingerprint density at radius 2 is 2.03 bits per heavy atom. The van der Waals surface area contributed by atoms with Crippen LogP contribution in [0.15, 0.2) is 57.6 Å². The minimum Gasteiger partial charge on any atom is -0.467 e. The molecule has 9 heteroatoms. The van der Waals surface area contributed by atoms with Crippen molar-refractivity contribution in [1.29, 1.82) is 0 Å². The first-order valence-electron chi connectivity index (χ1n) is 10.9. The molecule has 0 N–H and O–H groups in total. The van der Waals surface area contributed by atoms with Gasteiger partial charge in [0, 0.05) is 24.0 Å². The van der Waals surface area contributed by atoms with Gasteiger partial charge >= 0.3 is 0 Å². The van der Waals surface area contributed by atoms with Gasteiger partial charge in [-0.3, -0.25) is 14.3 Å². The Morgan fingerprint density at radius 1 is 1.21 bits per heavy atom. The van der Waals surface area contributed by atoms with Gasteiger partial charge in [-0.15, -0.1) is 21.5 Å². The summed E-state index contributed by atoms with van der Waals surface area (Å²) >= 11 is 3.06. The van der Waals surface area contributed by atoms with Gasteiger partial charge in [0.15, 0.2) is 10.3 Å². The zero-order valence-corrected chi connectivity index (χ0v) is 20.8. The molecule has 3 aromatic heterocycles. The lowest BCUT2D eigenvalue weighted by molar-refractivity contribution is -0.115. The van der Waals surface area contributed by atoms with Gasteiger partial charge in [0.05, 0.1) is 24.2 Å². The SMILES string of the molecule is CCc1ccccc1N(C(C)=O)c1nc(CSc2nnc(C(C)C)n2Cc2ccco2)cs1. The van der Waals surface area contributed by atoms with Crippen LogP contribution in [0, 0.1) is 0 Å². The van der Waals surface area contributed by atoms with Crippen molar-refractivity contribution in [3.05, 3.63) is 70.9 Å². The molecule has 0 atom stereocenters. The summed E-state index contributed by atoms with van der Waals surface area (Å²) in [6.07, 6.45) is 2.52. The topological polar surface area (TPSA) is 77.1 Å². The number of para-hydroxylation sites is 1. The number of anilines is 2. The summed E-state index contributed by atoms with van der Waals surface area (Å²) in [5.41, 5.74) is 2.91. The molecule has 3 heterocycles. The van der Waals surface area contributed by atoms with Crippen LogP contribution in [0.5, 0.6) is 0 Å². The van der Waals surface area contributed by atoms with Crippen molar-refractivity contribution < 1.29 is 9.21 Å². The standard InChI is InChI=1S/C24H27N5O2S2/c1-5-18-9-6-7-11-21(18)29(17(4)30)23-25-19(14-32-23)15-33-24-27-26-22(16(2)3)28(24)13-20-10-8-12-31-20/h6-12,14,16H,5,13,15H2,1-4H3. The third kappa shape index (κ3) is 5.20. The first-order valence-corrected chi connectivity index (χ1v) is 12.8. The van der Waals surface area contributed by atoms with Crippen molar-refractivity contribution in [2.24, 2.45) is 0 Å². The van der Waals surface area contributed by atoms with Gasteiger partial charge in [0.2, 0.25) is 5.91 Å². The molecule has 7 nitrogen and oxygen atoms in total. The van der Waals surface area contributed by atoms with Crippen LogP contribution in [0.3, 0.4) is 0 Å². The first kappa shape index (κ1) is 23.3. The summed E-state index contributed by atoms with van der Waals surface area (Å²) in [7, 11) is 0. The number of hydrogen-bond donors (Lipinski definition) is 0. The molecule has 0 aliphatic carbocycles. The van der Waals surface area contributed by atoms with Gasteiger partial charge in [0.25, 0.3) is 0 Å². The Balaban J connectivity index is 1.54. The second kappa shape index (κ2) is 10.4. The van der Waals surface area contributed by atoms with Crippen LogP contribution in [-0.2, 0) is 23.5 Å². The van der Waals surface area contributed by atoms with Crippen molar-refractivity contribution in [2.75, 3.05) is 4.90 Å². The van der Waals surface area contributed by atoms with Crippen molar-refractivity contribution in [3.63, 3.8) is 0 Å². The van der Waals surface area contributed by atoms with Gasteiger partial charge in [0.1, 0.15) is 11.6 Å². The van der Waals surface area contributed by atoms with Crippen LogP contribution in [0.1, 0.15) is 56.5 Å². The molecule has 0 radical (unpaired) electrons. The molecule has 0 spiro atoms. The summed E-state index contributed by atoms with van der Waals surface area (Å²) < 4.78 is 7.64. The molecule has 0 fully saturated rings. The van der Waals surface area contributed by atoms with E-state index in [2.05, 4.69) is 35.5 Å². The molecule has 0 aliphatic heterocycles. The molecule has 4 aromatic rings. The van der Waals surface area contributed by atoms with Gasteiger partial charge in [-0.2, -0.15) is 0 Å². The van der Waals surface area contributed by atoms with Crippen LogP contribution in [-0.4, -0.2) is 25.7 Å². The zero-order chi connectivity index (χ0) is 23.4. The van der Waals surface area contributed by atoms with Gasteiger partial charge in [-0.05, 0) is 30.2 Å². The Labute approximate surface area is 201 Å². The molecule has 33 heavy (non-hydrogen) atoms. The van der Waals surface area contributed by atoms with Crippen LogP contribution < -0.4 is 4.90 Å². The molecule has 1 amide bonds. The second-order valence-electron chi connectivity index (χ2n) is 7.91. The number of thioether (sulfide) groups is 1. The van der Waals surface area contributed by atoms with Crippen molar-refractivity contribution in [1.82, 2.24) is 19.7 Å². The molecule has 1 aromatic carbocycles. The molecule has 0 aliphatic rings. The number of aromatic nitrogens is 4. The van der Waals surface area contributed by atoms with E-state index in [1.165, 1.54) is 11.3 Å². The Kier molecular flexibility index (Phi) is 7.29. The average Bonchev–Trinajstić information content (AvgIpc) is 3.55. The molecular weight excluding hydrogens is 454 g/mol. The van der Waals surface area contributed by atoms with Gasteiger partial charge in [-0.1, -0.05) is 50.7 Å². The maximum absolute atomic E-state index is 12.5. The van der Waals surface area contributed by atoms with Crippen LogP contribution in [0.4, 0.5) is 10.8 Å². The van der Waals surface area contributed by atoms with Gasteiger partial charge < -0.3 is 4.42 Å². The lowest BCUT2D eigenvalue weighted by atomic mass is 10.1. The number of benzene rings is 1. The van der Waals surface area contributed by atoms with Crippen LogP contribution in [0.2, 0.25) is 0 Å². The quantitative estimate of drug-likeness (QED) is 0.271. The maximum atomic E-state index is 12.5. The molecule has 0 saturated heterocycles. The average molecular weight is 482 g/mol. The fourth-order valence-corrected chi connectivity index (χ4v) is 5.40. The number of furan rings is 1. The largest absolute Gasteiger partial charge is 0.467 e. The number of thiazole rings is 1. The number of carbonyl (C=O) groups excluding carboxylic acids is 1. The number of hydrogen-bond acceptors (Lipinski definition) is 7. The molecule has 0 bridgehead atoms. The van der Waals surface area contributed by atoms with E-state index in [0.717, 1.165) is 40.1 Å². The van der Waals surface area contributed by atoms with E-state index >= 15 is 0 Å². The first-order chi connectivity index (χ1) is 16.0. The number of rotatable bonds is 9. The number of aryl methyl sites for hydroxylation is 1. The monoisotopic (exact) mass is 481 g/mol. The smallest absolute Gasteiger partial charge is 0.230 e. The predicted octanol–water partition coefficient (Wildman–Crippen LogP) is 6.04. The molecule has 172 valence electrons. The summed E-state index contributed by atoms with van der Waals surface area (Å²) in [4.78, 5) is 19.0. The fraction of sp³-hybridized carbons (Fsp3) is 0.333. The normalized spacial score (nSPS) is 11.3. The minimum absolute atomic E-state index is 0.0516. The lowest BCUT2D eigenvalue weighted by Gasteiger charge is -2.20. The highest BCUT2D eigenvalue weighted by Crippen LogP contribution is 2.33. The number of nitrogens with zero attached hydrogens (tertiary/aromatic N) is 5. The summed E-state index contributed by atoms with van der Waals surface area (Å²) in [6.45, 7) is 8.46. The van der Waals surface area contributed by atoms with E-state index in [1.54, 1.807) is 29.8 Å². The highest BCUT2D eigenvalue weighted by molar-refractivity contribution is 7.98. The number of amides is 1. The molecular formula is C24H27N5O2S2. The fourth-order valence-electron chi connectivity index (χ4n) is 3.58. The molecule has 0 saturated carbocycles. The molecule has 0 unspecified atom stereocenters. The second-order valence-corrected chi connectivity index (χ2v) is 9.69. The Morgan fingerprint density at radius 3 is 2.73 bits per heavy atom. The maximum Gasteiger partial charge on any atom is 0.230 e. The Bertz CT molecular complexity index is 1210. The number of carbonyl (C=O) groups is 1.